The van der Waals surface area contributed by atoms with E-state index in [9.17, 15) is 18.0 Å². The second-order valence-electron chi connectivity index (χ2n) is 3.55. The number of halogens is 4. The standard InChI is InChI=1S/C10H7BrF3N3O2/c1-19-9(18)17-8-15-6-3-4(11)2-5(7(6)16-8)10(12,13)14/h2-3H,1H3,(H2,15,16,17,18). The fourth-order valence-corrected chi connectivity index (χ4v) is 1.96. The molecule has 0 unspecified atom stereocenters. The highest BCUT2D eigenvalue weighted by Crippen LogP contribution is 2.36. The van der Waals surface area contributed by atoms with Gasteiger partial charge in [-0.15, -0.1) is 0 Å². The van der Waals surface area contributed by atoms with Crippen LogP contribution in [0.4, 0.5) is 23.9 Å². The smallest absolute Gasteiger partial charge is 0.418 e. The minimum atomic E-state index is -4.54. The average Bonchev–Trinajstić information content (AvgIpc) is 2.68. The molecule has 1 heterocycles. The summed E-state index contributed by atoms with van der Waals surface area (Å²) in [5.74, 6) is -0.120. The van der Waals surface area contributed by atoms with Gasteiger partial charge in [0.05, 0.1) is 18.2 Å². The summed E-state index contributed by atoms with van der Waals surface area (Å²) in [5, 5.41) is 2.17. The second kappa shape index (κ2) is 4.72. The highest BCUT2D eigenvalue weighted by molar-refractivity contribution is 9.10. The zero-order valence-electron chi connectivity index (χ0n) is 9.43. The Morgan fingerprint density at radius 1 is 1.47 bits per heavy atom. The van der Waals surface area contributed by atoms with Gasteiger partial charge in [0.25, 0.3) is 0 Å². The van der Waals surface area contributed by atoms with Crippen LogP contribution in [0, 0.1) is 0 Å². The van der Waals surface area contributed by atoms with Crippen LogP contribution in [0.2, 0.25) is 0 Å². The molecule has 0 aliphatic carbocycles. The molecule has 2 aromatic rings. The van der Waals surface area contributed by atoms with Gasteiger partial charge in [0.15, 0.2) is 0 Å². The summed E-state index contributed by atoms with van der Waals surface area (Å²) in [6.07, 6.45) is -5.37. The van der Waals surface area contributed by atoms with Crippen molar-refractivity contribution in [3.05, 3.63) is 22.2 Å². The summed E-state index contributed by atoms with van der Waals surface area (Å²) in [7, 11) is 1.13. The van der Waals surface area contributed by atoms with Gasteiger partial charge < -0.3 is 9.72 Å². The fraction of sp³-hybridized carbons (Fsp3) is 0.200. The van der Waals surface area contributed by atoms with E-state index in [1.807, 2.05) is 0 Å². The predicted molar refractivity (Wildman–Crippen MR) is 64.8 cm³/mol. The first-order valence-electron chi connectivity index (χ1n) is 4.92. The normalized spacial score (nSPS) is 11.6. The molecule has 0 bridgehead atoms. The number of ether oxygens (including phenoxy) is 1. The number of rotatable bonds is 1. The summed E-state index contributed by atoms with van der Waals surface area (Å²) in [6.45, 7) is 0. The first-order valence-corrected chi connectivity index (χ1v) is 5.72. The number of fused-ring (bicyclic) bond motifs is 1. The van der Waals surface area contributed by atoms with Gasteiger partial charge in [0.2, 0.25) is 5.95 Å². The van der Waals surface area contributed by atoms with Crippen LogP contribution >= 0.6 is 15.9 Å². The maximum absolute atomic E-state index is 12.8. The molecule has 0 saturated heterocycles. The Morgan fingerprint density at radius 2 is 2.16 bits per heavy atom. The Labute approximate surface area is 113 Å². The number of hydrogen-bond acceptors (Lipinski definition) is 3. The molecular formula is C10H7BrF3N3O2. The Bertz CT molecular complexity index is 639. The molecule has 5 nitrogen and oxygen atoms in total. The summed E-state index contributed by atoms with van der Waals surface area (Å²) in [6, 6.07) is 2.35. The Morgan fingerprint density at radius 3 is 2.74 bits per heavy atom. The molecule has 1 amide bonds. The molecule has 1 aromatic carbocycles. The molecular weight excluding hydrogens is 331 g/mol. The van der Waals surface area contributed by atoms with Crippen molar-refractivity contribution < 1.29 is 22.7 Å². The molecule has 0 atom stereocenters. The molecule has 0 aliphatic rings. The molecule has 9 heteroatoms. The molecule has 2 rings (SSSR count). The van der Waals surface area contributed by atoms with Gasteiger partial charge in [-0.05, 0) is 12.1 Å². The van der Waals surface area contributed by atoms with Crippen molar-refractivity contribution >= 4 is 39.0 Å². The number of alkyl halides is 3. The number of carbonyl (C=O) groups is 1. The lowest BCUT2D eigenvalue weighted by molar-refractivity contribution is -0.136. The van der Waals surface area contributed by atoms with Crippen molar-refractivity contribution in [2.75, 3.05) is 12.4 Å². The maximum Gasteiger partial charge on any atom is 0.418 e. The van der Waals surface area contributed by atoms with Gasteiger partial charge in [-0.1, -0.05) is 15.9 Å². The van der Waals surface area contributed by atoms with E-state index in [-0.39, 0.29) is 21.5 Å². The van der Waals surface area contributed by atoms with E-state index in [4.69, 9.17) is 0 Å². The molecule has 102 valence electrons. The van der Waals surface area contributed by atoms with Gasteiger partial charge in [-0.25, -0.2) is 9.78 Å². The Hall–Kier alpha value is -1.77. The minimum Gasteiger partial charge on any atom is -0.453 e. The van der Waals surface area contributed by atoms with Crippen LogP contribution in [0.3, 0.4) is 0 Å². The number of carbonyl (C=O) groups excluding carboxylic acids is 1. The number of aromatic amines is 1. The van der Waals surface area contributed by atoms with Crippen molar-refractivity contribution in [2.24, 2.45) is 0 Å². The number of methoxy groups -OCH3 is 1. The number of nitrogens with one attached hydrogen (secondary N) is 2. The highest BCUT2D eigenvalue weighted by Gasteiger charge is 2.34. The van der Waals surface area contributed by atoms with Crippen molar-refractivity contribution in [3.63, 3.8) is 0 Å². The van der Waals surface area contributed by atoms with Crippen molar-refractivity contribution in [2.45, 2.75) is 6.18 Å². The lowest BCUT2D eigenvalue weighted by Crippen LogP contribution is -2.12. The van der Waals surface area contributed by atoms with E-state index in [0.717, 1.165) is 13.2 Å². The first kappa shape index (κ1) is 13.7. The van der Waals surface area contributed by atoms with Crippen molar-refractivity contribution in [1.82, 2.24) is 9.97 Å². The first-order chi connectivity index (χ1) is 8.81. The zero-order chi connectivity index (χ0) is 14.2. The summed E-state index contributed by atoms with van der Waals surface area (Å²) in [4.78, 5) is 17.2. The van der Waals surface area contributed by atoms with Crippen LogP contribution in [0.5, 0.6) is 0 Å². The number of anilines is 1. The largest absolute Gasteiger partial charge is 0.453 e. The number of benzene rings is 1. The van der Waals surface area contributed by atoms with E-state index in [2.05, 4.69) is 36.0 Å². The van der Waals surface area contributed by atoms with Gasteiger partial charge in [-0.3, -0.25) is 5.32 Å². The van der Waals surface area contributed by atoms with E-state index < -0.39 is 17.8 Å². The summed E-state index contributed by atoms with van der Waals surface area (Å²) in [5.41, 5.74) is -1.03. The third-order valence-electron chi connectivity index (χ3n) is 2.26. The van der Waals surface area contributed by atoms with Crippen LogP contribution in [0.1, 0.15) is 5.56 Å². The van der Waals surface area contributed by atoms with E-state index >= 15 is 0 Å². The van der Waals surface area contributed by atoms with Gasteiger partial charge in [0, 0.05) is 4.47 Å². The third kappa shape index (κ3) is 2.80. The molecule has 0 aliphatic heterocycles. The Kier molecular flexibility index (Phi) is 3.40. The molecule has 1 aromatic heterocycles. The lowest BCUT2D eigenvalue weighted by atomic mass is 10.2. The van der Waals surface area contributed by atoms with Gasteiger partial charge in [-0.2, -0.15) is 13.2 Å². The molecule has 2 N–H and O–H groups in total. The van der Waals surface area contributed by atoms with Crippen LogP contribution in [-0.4, -0.2) is 23.2 Å². The molecule has 19 heavy (non-hydrogen) atoms. The number of nitrogens with zero attached hydrogens (tertiary/aromatic N) is 1. The number of hydrogen-bond donors (Lipinski definition) is 2. The number of imidazole rings is 1. The monoisotopic (exact) mass is 337 g/mol. The van der Waals surface area contributed by atoms with Crippen LogP contribution in [0.25, 0.3) is 11.0 Å². The zero-order valence-corrected chi connectivity index (χ0v) is 11.0. The van der Waals surface area contributed by atoms with Crippen molar-refractivity contribution in [1.29, 1.82) is 0 Å². The van der Waals surface area contributed by atoms with Crippen LogP contribution in [0.15, 0.2) is 16.6 Å². The topological polar surface area (TPSA) is 67.0 Å². The molecule has 0 spiro atoms. The predicted octanol–water partition coefficient (Wildman–Crippen LogP) is 3.52. The average molecular weight is 338 g/mol. The molecule has 0 fully saturated rings. The van der Waals surface area contributed by atoms with Crippen LogP contribution < -0.4 is 5.32 Å². The van der Waals surface area contributed by atoms with E-state index in [1.54, 1.807) is 0 Å². The van der Waals surface area contributed by atoms with Crippen molar-refractivity contribution in [3.8, 4) is 0 Å². The summed E-state index contributed by atoms with van der Waals surface area (Å²) >= 11 is 2.99. The van der Waals surface area contributed by atoms with Gasteiger partial charge >= 0.3 is 12.3 Å². The number of amides is 1. The fourth-order valence-electron chi connectivity index (χ4n) is 1.51. The lowest BCUT2D eigenvalue weighted by Gasteiger charge is -2.07. The minimum absolute atomic E-state index is 0.120. The number of H-pyrrole nitrogens is 1. The van der Waals surface area contributed by atoms with E-state index in [0.29, 0.717) is 0 Å². The SMILES string of the molecule is COC(=O)Nc1nc2c(C(F)(F)F)cc(Br)cc2[nH]1. The molecule has 0 radical (unpaired) electrons. The molecule has 0 saturated carbocycles. The Balaban J connectivity index is 2.55. The number of aromatic nitrogens is 2. The van der Waals surface area contributed by atoms with Gasteiger partial charge in [0.1, 0.15) is 5.52 Å². The van der Waals surface area contributed by atoms with E-state index in [1.165, 1.54) is 6.07 Å². The second-order valence-corrected chi connectivity index (χ2v) is 4.46. The van der Waals surface area contributed by atoms with Crippen LogP contribution in [-0.2, 0) is 10.9 Å². The third-order valence-corrected chi connectivity index (χ3v) is 2.72. The quantitative estimate of drug-likeness (QED) is 0.836. The summed E-state index contributed by atoms with van der Waals surface area (Å²) < 4.78 is 43.1. The highest BCUT2D eigenvalue weighted by atomic mass is 79.9. The maximum atomic E-state index is 12.8.